The van der Waals surface area contributed by atoms with E-state index in [-0.39, 0.29) is 12.5 Å². The number of hydrogen-bond donors (Lipinski definition) is 1. The molecule has 1 aliphatic rings. The molecule has 2 atom stereocenters. The van der Waals surface area contributed by atoms with Gasteiger partial charge in [0, 0.05) is 6.04 Å². The SMILES string of the molecule is CC.CC1CCC(C(F)(F)F)N1. The molecule has 0 aromatic rings. The molecule has 1 heterocycles. The summed E-state index contributed by atoms with van der Waals surface area (Å²) < 4.78 is 35.6. The summed E-state index contributed by atoms with van der Waals surface area (Å²) in [5, 5.41) is 2.47. The first-order chi connectivity index (χ1) is 5.50. The van der Waals surface area contributed by atoms with E-state index in [1.165, 1.54) is 0 Å². The van der Waals surface area contributed by atoms with Crippen molar-refractivity contribution in [2.24, 2.45) is 0 Å². The van der Waals surface area contributed by atoms with Crippen LogP contribution in [0.15, 0.2) is 0 Å². The molecule has 0 aliphatic carbocycles. The summed E-state index contributed by atoms with van der Waals surface area (Å²) in [6.07, 6.45) is -3.19. The summed E-state index contributed by atoms with van der Waals surface area (Å²) in [5.74, 6) is 0. The van der Waals surface area contributed by atoms with Gasteiger partial charge in [-0.2, -0.15) is 13.2 Å². The summed E-state index contributed by atoms with van der Waals surface area (Å²) >= 11 is 0. The molecule has 74 valence electrons. The van der Waals surface area contributed by atoms with Gasteiger partial charge in [0.2, 0.25) is 0 Å². The minimum absolute atomic E-state index is 0.0200. The van der Waals surface area contributed by atoms with Crippen molar-refractivity contribution in [1.29, 1.82) is 0 Å². The Morgan fingerprint density at radius 3 is 1.83 bits per heavy atom. The monoisotopic (exact) mass is 183 g/mol. The van der Waals surface area contributed by atoms with Gasteiger partial charge in [-0.15, -0.1) is 0 Å². The molecule has 1 saturated heterocycles. The van der Waals surface area contributed by atoms with Gasteiger partial charge in [-0.05, 0) is 19.8 Å². The number of halogens is 3. The van der Waals surface area contributed by atoms with Crippen molar-refractivity contribution < 1.29 is 13.2 Å². The van der Waals surface area contributed by atoms with Crippen molar-refractivity contribution in [2.45, 2.75) is 51.9 Å². The Balaban J connectivity index is 0.000000561. The van der Waals surface area contributed by atoms with Crippen molar-refractivity contribution in [1.82, 2.24) is 5.32 Å². The fraction of sp³-hybridized carbons (Fsp3) is 1.00. The van der Waals surface area contributed by atoms with E-state index in [4.69, 9.17) is 0 Å². The van der Waals surface area contributed by atoms with Crippen LogP contribution in [0.1, 0.15) is 33.6 Å². The second-order valence-corrected chi connectivity index (χ2v) is 2.74. The van der Waals surface area contributed by atoms with Crippen molar-refractivity contribution in [3.05, 3.63) is 0 Å². The van der Waals surface area contributed by atoms with Crippen LogP contribution in [0, 0.1) is 0 Å². The van der Waals surface area contributed by atoms with E-state index < -0.39 is 12.2 Å². The fourth-order valence-electron chi connectivity index (χ4n) is 1.18. The van der Waals surface area contributed by atoms with Crippen molar-refractivity contribution in [2.75, 3.05) is 0 Å². The van der Waals surface area contributed by atoms with Gasteiger partial charge in [-0.1, -0.05) is 13.8 Å². The molecule has 0 saturated carbocycles. The molecule has 1 N–H and O–H groups in total. The van der Waals surface area contributed by atoms with Crippen LogP contribution in [-0.4, -0.2) is 18.3 Å². The lowest BCUT2D eigenvalue weighted by molar-refractivity contribution is -0.152. The zero-order valence-electron chi connectivity index (χ0n) is 7.70. The van der Waals surface area contributed by atoms with Crippen molar-refractivity contribution in [3.8, 4) is 0 Å². The van der Waals surface area contributed by atoms with Gasteiger partial charge in [-0.25, -0.2) is 0 Å². The van der Waals surface area contributed by atoms with Gasteiger partial charge in [-0.3, -0.25) is 0 Å². The van der Waals surface area contributed by atoms with E-state index in [0.717, 1.165) is 0 Å². The molecular weight excluding hydrogens is 167 g/mol. The summed E-state index contributed by atoms with van der Waals surface area (Å²) in [4.78, 5) is 0. The highest BCUT2D eigenvalue weighted by molar-refractivity contribution is 4.85. The minimum atomic E-state index is -4.05. The number of nitrogens with one attached hydrogen (secondary N) is 1. The maximum Gasteiger partial charge on any atom is 0.403 e. The third-order valence-corrected chi connectivity index (χ3v) is 1.77. The molecule has 0 amide bonds. The van der Waals surface area contributed by atoms with E-state index in [0.29, 0.717) is 6.42 Å². The topological polar surface area (TPSA) is 12.0 Å². The second-order valence-electron chi connectivity index (χ2n) is 2.74. The van der Waals surface area contributed by atoms with Crippen LogP contribution in [0.5, 0.6) is 0 Å². The first-order valence-corrected chi connectivity index (χ1v) is 4.33. The average molecular weight is 183 g/mol. The maximum absolute atomic E-state index is 11.9. The van der Waals surface area contributed by atoms with Crippen LogP contribution in [0.25, 0.3) is 0 Å². The molecule has 0 aromatic carbocycles. The molecule has 0 spiro atoms. The molecule has 12 heavy (non-hydrogen) atoms. The first-order valence-electron chi connectivity index (χ1n) is 4.33. The summed E-state index contributed by atoms with van der Waals surface area (Å²) in [6, 6.07) is -1.24. The number of hydrogen-bond acceptors (Lipinski definition) is 1. The van der Waals surface area contributed by atoms with Crippen LogP contribution in [0.4, 0.5) is 13.2 Å². The van der Waals surface area contributed by atoms with Gasteiger partial charge in [0.15, 0.2) is 0 Å². The van der Waals surface area contributed by atoms with Gasteiger partial charge < -0.3 is 5.32 Å². The predicted molar refractivity (Wildman–Crippen MR) is 43.0 cm³/mol. The molecule has 0 radical (unpaired) electrons. The van der Waals surface area contributed by atoms with E-state index in [9.17, 15) is 13.2 Å². The molecule has 0 aromatic heterocycles. The second kappa shape index (κ2) is 4.70. The van der Waals surface area contributed by atoms with E-state index in [1.807, 2.05) is 13.8 Å². The highest BCUT2D eigenvalue weighted by atomic mass is 19.4. The molecule has 4 heteroatoms. The zero-order valence-corrected chi connectivity index (χ0v) is 7.70. The molecular formula is C8H16F3N. The molecule has 1 rings (SSSR count). The lowest BCUT2D eigenvalue weighted by Crippen LogP contribution is -2.39. The zero-order chi connectivity index (χ0) is 9.78. The van der Waals surface area contributed by atoms with E-state index in [2.05, 4.69) is 5.32 Å². The largest absolute Gasteiger partial charge is 0.403 e. The summed E-state index contributed by atoms with van der Waals surface area (Å²) in [6.45, 7) is 5.77. The molecule has 1 aliphatic heterocycles. The molecule has 0 bridgehead atoms. The Hall–Kier alpha value is -0.250. The van der Waals surface area contributed by atoms with Crippen LogP contribution < -0.4 is 5.32 Å². The maximum atomic E-state index is 11.9. The normalized spacial score (nSPS) is 29.5. The van der Waals surface area contributed by atoms with Crippen LogP contribution in [0.2, 0.25) is 0 Å². The van der Waals surface area contributed by atoms with Crippen LogP contribution in [-0.2, 0) is 0 Å². The Labute approximate surface area is 71.3 Å². The van der Waals surface area contributed by atoms with Gasteiger partial charge in [0.25, 0.3) is 0 Å². The smallest absolute Gasteiger partial charge is 0.304 e. The van der Waals surface area contributed by atoms with Crippen LogP contribution in [0.3, 0.4) is 0 Å². The van der Waals surface area contributed by atoms with Crippen molar-refractivity contribution >= 4 is 0 Å². The predicted octanol–water partition coefficient (Wildman–Crippen LogP) is 2.72. The van der Waals surface area contributed by atoms with Crippen LogP contribution >= 0.6 is 0 Å². The molecule has 1 fully saturated rings. The third-order valence-electron chi connectivity index (χ3n) is 1.77. The number of rotatable bonds is 0. The van der Waals surface area contributed by atoms with E-state index in [1.54, 1.807) is 6.92 Å². The third kappa shape index (κ3) is 3.43. The number of alkyl halides is 3. The Kier molecular flexibility index (Phi) is 4.60. The standard InChI is InChI=1S/C6H10F3N.C2H6/c1-4-2-3-5(10-4)6(7,8)9;1-2/h4-5,10H,2-3H2,1H3;1-2H3. The van der Waals surface area contributed by atoms with Gasteiger partial charge in [0.1, 0.15) is 6.04 Å². The quantitative estimate of drug-likeness (QED) is 0.609. The highest BCUT2D eigenvalue weighted by Gasteiger charge is 2.42. The molecule has 1 nitrogen and oxygen atoms in total. The van der Waals surface area contributed by atoms with E-state index >= 15 is 0 Å². The lowest BCUT2D eigenvalue weighted by atomic mass is 10.2. The average Bonchev–Trinajstić information content (AvgIpc) is 2.39. The lowest BCUT2D eigenvalue weighted by Gasteiger charge is -2.14. The fourth-order valence-corrected chi connectivity index (χ4v) is 1.18. The highest BCUT2D eigenvalue weighted by Crippen LogP contribution is 2.28. The Morgan fingerprint density at radius 2 is 1.67 bits per heavy atom. The summed E-state index contributed by atoms with van der Waals surface area (Å²) in [7, 11) is 0. The Bertz CT molecular complexity index is 122. The van der Waals surface area contributed by atoms with Crippen molar-refractivity contribution in [3.63, 3.8) is 0 Å². The van der Waals surface area contributed by atoms with Gasteiger partial charge in [0.05, 0.1) is 0 Å². The summed E-state index contributed by atoms with van der Waals surface area (Å²) in [5.41, 5.74) is 0. The molecule has 2 unspecified atom stereocenters. The first kappa shape index (κ1) is 11.8. The Morgan fingerprint density at radius 1 is 1.17 bits per heavy atom. The van der Waals surface area contributed by atoms with Gasteiger partial charge >= 0.3 is 6.18 Å². The minimum Gasteiger partial charge on any atom is -0.304 e.